The lowest BCUT2D eigenvalue weighted by molar-refractivity contribution is -0.118. The van der Waals surface area contributed by atoms with Crippen molar-refractivity contribution in [1.29, 1.82) is 0 Å². The summed E-state index contributed by atoms with van der Waals surface area (Å²) in [5.74, 6) is -0.645. The Balaban J connectivity index is 2.80. The Labute approximate surface area is 119 Å². The smallest absolute Gasteiger partial charge is 0.234 e. The van der Waals surface area contributed by atoms with Gasteiger partial charge in [-0.1, -0.05) is 30.7 Å². The van der Waals surface area contributed by atoms with Gasteiger partial charge < -0.3 is 11.1 Å². The maximum Gasteiger partial charge on any atom is 0.234 e. The number of rotatable bonds is 4. The zero-order valence-corrected chi connectivity index (χ0v) is 12.3. The average molecular weight is 336 g/mol. The summed E-state index contributed by atoms with van der Waals surface area (Å²) in [7, 11) is 0. The van der Waals surface area contributed by atoms with Crippen molar-refractivity contribution in [2.75, 3.05) is 5.32 Å². The molecular weight excluding hydrogens is 324 g/mol. The highest BCUT2D eigenvalue weighted by Crippen LogP contribution is 2.25. The van der Waals surface area contributed by atoms with Crippen molar-refractivity contribution in [3.63, 3.8) is 0 Å². The molecule has 0 radical (unpaired) electrons. The first-order valence-electron chi connectivity index (χ1n) is 5.01. The lowest BCUT2D eigenvalue weighted by atomic mass is 10.1. The van der Waals surface area contributed by atoms with Crippen LogP contribution in [0.25, 0.3) is 0 Å². The third-order valence-electron chi connectivity index (χ3n) is 2.26. The molecule has 3 nitrogen and oxygen atoms in total. The molecule has 0 fully saturated rings. The van der Waals surface area contributed by atoms with Crippen LogP contribution in [0.4, 0.5) is 5.69 Å². The van der Waals surface area contributed by atoms with Crippen molar-refractivity contribution in [2.24, 2.45) is 11.7 Å². The van der Waals surface area contributed by atoms with Crippen LogP contribution in [0.3, 0.4) is 0 Å². The van der Waals surface area contributed by atoms with E-state index in [1.165, 1.54) is 0 Å². The zero-order chi connectivity index (χ0) is 13.0. The van der Waals surface area contributed by atoms with Crippen LogP contribution in [0.5, 0.6) is 0 Å². The van der Waals surface area contributed by atoms with E-state index in [2.05, 4.69) is 21.2 Å². The van der Waals surface area contributed by atoms with Gasteiger partial charge in [-0.2, -0.15) is 0 Å². The van der Waals surface area contributed by atoms with Crippen molar-refractivity contribution < 1.29 is 4.79 Å². The SMILES string of the molecule is CCC(C(=O)Nc1ccc(Cl)c(Br)c1)C(N)=S. The molecule has 0 aliphatic heterocycles. The van der Waals surface area contributed by atoms with E-state index in [9.17, 15) is 4.79 Å². The number of benzene rings is 1. The van der Waals surface area contributed by atoms with Gasteiger partial charge in [-0.05, 0) is 40.5 Å². The van der Waals surface area contributed by atoms with Gasteiger partial charge in [0.2, 0.25) is 5.91 Å². The monoisotopic (exact) mass is 334 g/mol. The Hall–Kier alpha value is -0.650. The van der Waals surface area contributed by atoms with E-state index in [0.717, 1.165) is 4.47 Å². The minimum absolute atomic E-state index is 0.200. The zero-order valence-electron chi connectivity index (χ0n) is 9.17. The second kappa shape index (κ2) is 6.33. The molecule has 0 aliphatic carbocycles. The first-order chi connectivity index (χ1) is 7.95. The molecule has 0 heterocycles. The van der Waals surface area contributed by atoms with Gasteiger partial charge in [0.1, 0.15) is 0 Å². The third kappa shape index (κ3) is 3.94. The van der Waals surface area contributed by atoms with Crippen LogP contribution in [0.15, 0.2) is 22.7 Å². The number of thiocarbonyl (C=S) groups is 1. The van der Waals surface area contributed by atoms with Gasteiger partial charge in [0.25, 0.3) is 0 Å². The number of hydrogen-bond acceptors (Lipinski definition) is 2. The molecule has 1 aromatic carbocycles. The summed E-state index contributed by atoms with van der Waals surface area (Å²) in [6, 6.07) is 5.15. The number of amides is 1. The highest BCUT2D eigenvalue weighted by atomic mass is 79.9. The fraction of sp³-hybridized carbons (Fsp3) is 0.273. The van der Waals surface area contributed by atoms with E-state index >= 15 is 0 Å². The number of carbonyl (C=O) groups excluding carboxylic acids is 1. The molecule has 1 rings (SSSR count). The quantitative estimate of drug-likeness (QED) is 0.830. The normalized spacial score (nSPS) is 11.9. The highest BCUT2D eigenvalue weighted by molar-refractivity contribution is 9.10. The van der Waals surface area contributed by atoms with Gasteiger partial charge >= 0.3 is 0 Å². The van der Waals surface area contributed by atoms with Gasteiger partial charge in [0.15, 0.2) is 0 Å². The van der Waals surface area contributed by atoms with Crippen LogP contribution in [0, 0.1) is 5.92 Å². The van der Waals surface area contributed by atoms with Gasteiger partial charge in [0.05, 0.1) is 15.9 Å². The summed E-state index contributed by atoms with van der Waals surface area (Å²) < 4.78 is 0.723. The largest absolute Gasteiger partial charge is 0.393 e. The minimum atomic E-state index is -0.445. The first kappa shape index (κ1) is 14.4. The summed E-state index contributed by atoms with van der Waals surface area (Å²) in [6.45, 7) is 1.86. The predicted molar refractivity (Wildman–Crippen MR) is 78.3 cm³/mol. The van der Waals surface area contributed by atoms with Crippen LogP contribution in [0.2, 0.25) is 5.02 Å². The van der Waals surface area contributed by atoms with Crippen molar-refractivity contribution in [3.05, 3.63) is 27.7 Å². The molecule has 3 N–H and O–H groups in total. The number of anilines is 1. The van der Waals surface area contributed by atoms with Gasteiger partial charge in [-0.25, -0.2) is 0 Å². The summed E-state index contributed by atoms with van der Waals surface area (Å²) in [5, 5.41) is 3.33. The molecule has 0 aliphatic rings. The standard InChI is InChI=1S/C11H12BrClN2OS/c1-2-7(10(14)17)11(16)15-6-3-4-9(13)8(12)5-6/h3-5,7H,2H2,1H3,(H2,14,17)(H,15,16). The van der Waals surface area contributed by atoms with Crippen molar-refractivity contribution in [3.8, 4) is 0 Å². The molecule has 1 atom stereocenters. The maximum atomic E-state index is 11.9. The Kier molecular flexibility index (Phi) is 5.36. The Morgan fingerprint density at radius 1 is 1.65 bits per heavy atom. The molecule has 0 saturated heterocycles. The second-order valence-corrected chi connectivity index (χ2v) is 5.21. The van der Waals surface area contributed by atoms with Crippen LogP contribution >= 0.6 is 39.7 Å². The van der Waals surface area contributed by atoms with Gasteiger partial charge in [0, 0.05) is 10.2 Å². The van der Waals surface area contributed by atoms with E-state index in [0.29, 0.717) is 17.1 Å². The fourth-order valence-electron chi connectivity index (χ4n) is 1.32. The van der Waals surface area contributed by atoms with Crippen molar-refractivity contribution in [1.82, 2.24) is 0 Å². The van der Waals surface area contributed by atoms with E-state index in [1.807, 2.05) is 6.92 Å². The van der Waals surface area contributed by atoms with E-state index in [1.54, 1.807) is 18.2 Å². The summed E-state index contributed by atoms with van der Waals surface area (Å²) in [6.07, 6.45) is 0.579. The molecule has 1 aromatic rings. The molecule has 92 valence electrons. The number of hydrogen-bond donors (Lipinski definition) is 2. The average Bonchev–Trinajstić information content (AvgIpc) is 2.24. The summed E-state index contributed by atoms with van der Waals surface area (Å²) >= 11 is 14.0. The molecule has 0 bridgehead atoms. The summed E-state index contributed by atoms with van der Waals surface area (Å²) in [4.78, 5) is 12.1. The predicted octanol–water partition coefficient (Wildman–Crippen LogP) is 3.35. The number of nitrogens with one attached hydrogen (secondary N) is 1. The highest BCUT2D eigenvalue weighted by Gasteiger charge is 2.19. The van der Waals surface area contributed by atoms with Crippen LogP contribution < -0.4 is 11.1 Å². The molecule has 17 heavy (non-hydrogen) atoms. The number of halogens is 2. The van der Waals surface area contributed by atoms with Crippen LogP contribution in [0.1, 0.15) is 13.3 Å². The number of nitrogens with two attached hydrogens (primary N) is 1. The molecule has 6 heteroatoms. The molecule has 0 spiro atoms. The van der Waals surface area contributed by atoms with Gasteiger partial charge in [-0.3, -0.25) is 4.79 Å². The Morgan fingerprint density at radius 2 is 2.29 bits per heavy atom. The maximum absolute atomic E-state index is 11.9. The third-order valence-corrected chi connectivity index (χ3v) is 3.75. The topological polar surface area (TPSA) is 55.1 Å². The van der Waals surface area contributed by atoms with Crippen LogP contribution in [-0.2, 0) is 4.79 Å². The second-order valence-electron chi connectivity index (χ2n) is 3.48. The van der Waals surface area contributed by atoms with E-state index in [-0.39, 0.29) is 10.9 Å². The summed E-state index contributed by atoms with van der Waals surface area (Å²) in [5.41, 5.74) is 6.15. The Morgan fingerprint density at radius 3 is 2.76 bits per heavy atom. The van der Waals surface area contributed by atoms with E-state index < -0.39 is 5.92 Å². The molecule has 0 saturated carbocycles. The lowest BCUT2D eigenvalue weighted by Gasteiger charge is -2.13. The first-order valence-corrected chi connectivity index (χ1v) is 6.58. The molecule has 0 aromatic heterocycles. The fourth-order valence-corrected chi connectivity index (χ4v) is 2.09. The van der Waals surface area contributed by atoms with E-state index in [4.69, 9.17) is 29.6 Å². The minimum Gasteiger partial charge on any atom is -0.393 e. The van der Waals surface area contributed by atoms with Crippen molar-refractivity contribution in [2.45, 2.75) is 13.3 Å². The lowest BCUT2D eigenvalue weighted by Crippen LogP contribution is -2.32. The molecule has 1 amide bonds. The molecule has 1 unspecified atom stereocenters. The number of carbonyl (C=O) groups is 1. The van der Waals surface area contributed by atoms with Crippen molar-refractivity contribution >= 4 is 56.3 Å². The van der Waals surface area contributed by atoms with Gasteiger partial charge in [-0.15, -0.1) is 0 Å². The Bertz CT molecular complexity index is 453. The van der Waals surface area contributed by atoms with Crippen LogP contribution in [-0.4, -0.2) is 10.9 Å². The molecular formula is C11H12BrClN2OS.